The van der Waals surface area contributed by atoms with E-state index in [4.69, 9.17) is 9.15 Å². The van der Waals surface area contributed by atoms with Crippen LogP contribution in [-0.2, 0) is 11.3 Å². The summed E-state index contributed by atoms with van der Waals surface area (Å²) in [6.07, 6.45) is 3.44. The maximum Gasteiger partial charge on any atom is 0.180 e. The van der Waals surface area contributed by atoms with Crippen molar-refractivity contribution < 1.29 is 9.15 Å². The van der Waals surface area contributed by atoms with Gasteiger partial charge >= 0.3 is 0 Å². The Kier molecular flexibility index (Phi) is 4.49. The Morgan fingerprint density at radius 3 is 3.08 bits per heavy atom. The quantitative estimate of drug-likeness (QED) is 0.674. The number of hydrogen-bond donors (Lipinski definition) is 1. The third-order valence-corrected chi connectivity index (χ3v) is 1.51. The molecular weight excluding hydrogens is 168 g/mol. The Morgan fingerprint density at radius 2 is 2.46 bits per heavy atom. The second kappa shape index (κ2) is 5.72. The summed E-state index contributed by atoms with van der Waals surface area (Å²) in [5, 5.41) is 3.18. The van der Waals surface area contributed by atoms with Crippen LogP contribution < -0.4 is 5.32 Å². The molecule has 0 radical (unpaired) electrons. The van der Waals surface area contributed by atoms with E-state index in [1.807, 2.05) is 13.8 Å². The first-order valence-corrected chi connectivity index (χ1v) is 4.48. The van der Waals surface area contributed by atoms with E-state index in [1.165, 1.54) is 6.39 Å². The topological polar surface area (TPSA) is 47.3 Å². The molecule has 0 aliphatic heterocycles. The zero-order valence-corrected chi connectivity index (χ0v) is 8.12. The lowest BCUT2D eigenvalue weighted by molar-refractivity contribution is 0.0805. The van der Waals surface area contributed by atoms with Gasteiger partial charge in [0, 0.05) is 6.54 Å². The van der Waals surface area contributed by atoms with E-state index in [2.05, 4.69) is 10.3 Å². The minimum atomic E-state index is 0.298. The molecule has 1 aromatic rings. The van der Waals surface area contributed by atoms with Gasteiger partial charge in [-0.3, -0.25) is 0 Å². The van der Waals surface area contributed by atoms with Gasteiger partial charge in [0.2, 0.25) is 0 Å². The van der Waals surface area contributed by atoms with Gasteiger partial charge in [-0.25, -0.2) is 4.98 Å². The van der Waals surface area contributed by atoms with Crippen molar-refractivity contribution in [3.05, 3.63) is 18.4 Å². The van der Waals surface area contributed by atoms with Crippen LogP contribution in [0.3, 0.4) is 0 Å². The van der Waals surface area contributed by atoms with Gasteiger partial charge in [-0.05, 0) is 13.8 Å². The van der Waals surface area contributed by atoms with Gasteiger partial charge in [0.05, 0.1) is 25.5 Å². The largest absolute Gasteiger partial charge is 0.447 e. The van der Waals surface area contributed by atoms with Gasteiger partial charge in [0.1, 0.15) is 5.76 Å². The second-order valence-corrected chi connectivity index (χ2v) is 3.06. The summed E-state index contributed by atoms with van der Waals surface area (Å²) in [4.78, 5) is 3.81. The molecule has 0 aliphatic rings. The number of rotatable bonds is 6. The van der Waals surface area contributed by atoms with Gasteiger partial charge in [-0.2, -0.15) is 0 Å². The van der Waals surface area contributed by atoms with E-state index in [1.54, 1.807) is 6.20 Å². The summed E-state index contributed by atoms with van der Waals surface area (Å²) in [5.74, 6) is 0.851. The lowest BCUT2D eigenvalue weighted by Crippen LogP contribution is -2.20. The molecule has 0 saturated heterocycles. The number of ether oxygens (including phenoxy) is 1. The zero-order chi connectivity index (χ0) is 9.52. The smallest absolute Gasteiger partial charge is 0.180 e. The molecule has 4 heteroatoms. The molecule has 0 aromatic carbocycles. The first kappa shape index (κ1) is 10.2. The number of aromatic nitrogens is 1. The molecule has 1 N–H and O–H groups in total. The van der Waals surface area contributed by atoms with Gasteiger partial charge in [0.25, 0.3) is 0 Å². The Balaban J connectivity index is 1.96. The predicted molar refractivity (Wildman–Crippen MR) is 49.3 cm³/mol. The Hall–Kier alpha value is -0.870. The Bertz CT molecular complexity index is 209. The molecule has 13 heavy (non-hydrogen) atoms. The van der Waals surface area contributed by atoms with Crippen LogP contribution in [0, 0.1) is 0 Å². The fourth-order valence-corrected chi connectivity index (χ4v) is 0.908. The van der Waals surface area contributed by atoms with Crippen molar-refractivity contribution in [3.63, 3.8) is 0 Å². The van der Waals surface area contributed by atoms with Crippen molar-refractivity contribution >= 4 is 0 Å². The van der Waals surface area contributed by atoms with E-state index in [0.717, 1.165) is 18.9 Å². The molecule has 0 unspecified atom stereocenters. The standard InChI is InChI=1S/C9H16N2O2/c1-8(2)12-4-3-10-5-9-6-11-7-13-9/h6-8,10H,3-5H2,1-2H3. The minimum absolute atomic E-state index is 0.298. The monoisotopic (exact) mass is 184 g/mol. The van der Waals surface area contributed by atoms with Gasteiger partial charge in [0.15, 0.2) is 6.39 Å². The third-order valence-electron chi connectivity index (χ3n) is 1.51. The lowest BCUT2D eigenvalue weighted by atomic mass is 10.5. The number of hydrogen-bond acceptors (Lipinski definition) is 4. The fraction of sp³-hybridized carbons (Fsp3) is 0.667. The molecule has 1 heterocycles. The lowest BCUT2D eigenvalue weighted by Gasteiger charge is -2.07. The molecule has 74 valence electrons. The Morgan fingerprint density at radius 1 is 1.62 bits per heavy atom. The van der Waals surface area contributed by atoms with Crippen molar-refractivity contribution in [1.82, 2.24) is 10.3 Å². The van der Waals surface area contributed by atoms with E-state index in [0.29, 0.717) is 12.6 Å². The molecule has 0 amide bonds. The summed E-state index contributed by atoms with van der Waals surface area (Å²) < 4.78 is 10.4. The van der Waals surface area contributed by atoms with Crippen LogP contribution in [0.2, 0.25) is 0 Å². The average molecular weight is 184 g/mol. The normalized spacial score (nSPS) is 11.0. The first-order chi connectivity index (χ1) is 6.29. The van der Waals surface area contributed by atoms with E-state index < -0.39 is 0 Å². The SMILES string of the molecule is CC(C)OCCNCc1cnco1. The third kappa shape index (κ3) is 4.65. The summed E-state index contributed by atoms with van der Waals surface area (Å²) in [6.45, 7) is 6.32. The number of oxazole rings is 1. The highest BCUT2D eigenvalue weighted by molar-refractivity contribution is 4.86. The average Bonchev–Trinajstić information content (AvgIpc) is 2.55. The predicted octanol–water partition coefficient (Wildman–Crippen LogP) is 1.19. The van der Waals surface area contributed by atoms with Crippen molar-refractivity contribution in [2.45, 2.75) is 26.5 Å². The van der Waals surface area contributed by atoms with Crippen LogP contribution in [0.25, 0.3) is 0 Å². The van der Waals surface area contributed by atoms with E-state index in [-0.39, 0.29) is 0 Å². The first-order valence-electron chi connectivity index (χ1n) is 4.48. The second-order valence-electron chi connectivity index (χ2n) is 3.06. The zero-order valence-electron chi connectivity index (χ0n) is 8.12. The molecule has 1 aromatic heterocycles. The van der Waals surface area contributed by atoms with Gasteiger partial charge < -0.3 is 14.5 Å². The van der Waals surface area contributed by atoms with Crippen molar-refractivity contribution in [3.8, 4) is 0 Å². The summed E-state index contributed by atoms with van der Waals surface area (Å²) in [5.41, 5.74) is 0. The van der Waals surface area contributed by atoms with Crippen LogP contribution >= 0.6 is 0 Å². The van der Waals surface area contributed by atoms with Crippen LogP contribution in [0.5, 0.6) is 0 Å². The molecule has 4 nitrogen and oxygen atoms in total. The highest BCUT2D eigenvalue weighted by Crippen LogP contribution is 1.94. The van der Waals surface area contributed by atoms with Crippen LogP contribution in [0.1, 0.15) is 19.6 Å². The molecule has 0 spiro atoms. The maximum absolute atomic E-state index is 5.35. The molecule has 0 saturated carbocycles. The van der Waals surface area contributed by atoms with Crippen molar-refractivity contribution in [1.29, 1.82) is 0 Å². The minimum Gasteiger partial charge on any atom is -0.447 e. The molecule has 0 fully saturated rings. The summed E-state index contributed by atoms with van der Waals surface area (Å²) >= 11 is 0. The fourth-order valence-electron chi connectivity index (χ4n) is 0.908. The highest BCUT2D eigenvalue weighted by atomic mass is 16.5. The number of nitrogens with zero attached hydrogens (tertiary/aromatic N) is 1. The Labute approximate surface area is 78.3 Å². The highest BCUT2D eigenvalue weighted by Gasteiger charge is 1.95. The van der Waals surface area contributed by atoms with E-state index in [9.17, 15) is 0 Å². The maximum atomic E-state index is 5.35. The van der Waals surface area contributed by atoms with Gasteiger partial charge in [-0.15, -0.1) is 0 Å². The van der Waals surface area contributed by atoms with Crippen LogP contribution in [0.15, 0.2) is 17.0 Å². The summed E-state index contributed by atoms with van der Waals surface area (Å²) in [7, 11) is 0. The molecule has 1 rings (SSSR count). The molecule has 0 atom stereocenters. The molecule has 0 aliphatic carbocycles. The number of nitrogens with one attached hydrogen (secondary N) is 1. The van der Waals surface area contributed by atoms with Gasteiger partial charge in [-0.1, -0.05) is 0 Å². The van der Waals surface area contributed by atoms with Crippen molar-refractivity contribution in [2.24, 2.45) is 0 Å². The van der Waals surface area contributed by atoms with Crippen LogP contribution in [0.4, 0.5) is 0 Å². The summed E-state index contributed by atoms with van der Waals surface area (Å²) in [6, 6.07) is 0. The molecular formula is C9H16N2O2. The van der Waals surface area contributed by atoms with Crippen LogP contribution in [-0.4, -0.2) is 24.2 Å². The van der Waals surface area contributed by atoms with Crippen molar-refractivity contribution in [2.75, 3.05) is 13.2 Å². The molecule has 0 bridgehead atoms. The van der Waals surface area contributed by atoms with E-state index >= 15 is 0 Å².